The molecule has 1 saturated carbocycles. The van der Waals surface area contributed by atoms with E-state index in [1.54, 1.807) is 0 Å². The van der Waals surface area contributed by atoms with Crippen molar-refractivity contribution in [3.05, 3.63) is 0 Å². The zero-order valence-electron chi connectivity index (χ0n) is 12.7. The van der Waals surface area contributed by atoms with Gasteiger partial charge in [0.2, 0.25) is 0 Å². The number of rotatable bonds is 7. The Morgan fingerprint density at radius 3 is 2.70 bits per heavy atom. The SMILES string of the molecule is CCCCCC(C)NC(=O)NC1CCCC(C(=O)O)C1. The molecule has 5 nitrogen and oxygen atoms in total. The fourth-order valence-electron chi connectivity index (χ4n) is 2.77. The van der Waals surface area contributed by atoms with Gasteiger partial charge in [0.1, 0.15) is 0 Å². The van der Waals surface area contributed by atoms with Crippen LogP contribution in [-0.2, 0) is 4.79 Å². The molecule has 3 unspecified atom stereocenters. The standard InChI is InChI=1S/C15H28N2O3/c1-3-4-5-7-11(2)16-15(20)17-13-9-6-8-12(10-13)14(18)19/h11-13H,3-10H2,1-2H3,(H,18,19)(H2,16,17,20). The first-order chi connectivity index (χ1) is 9.52. The van der Waals surface area contributed by atoms with E-state index in [1.165, 1.54) is 12.8 Å². The second kappa shape index (κ2) is 8.82. The van der Waals surface area contributed by atoms with Crippen molar-refractivity contribution in [1.82, 2.24) is 10.6 Å². The first-order valence-electron chi connectivity index (χ1n) is 7.82. The summed E-state index contributed by atoms with van der Waals surface area (Å²) in [4.78, 5) is 22.8. The molecule has 0 radical (unpaired) electrons. The van der Waals surface area contributed by atoms with Gasteiger partial charge < -0.3 is 15.7 Å². The lowest BCUT2D eigenvalue weighted by atomic mass is 9.86. The largest absolute Gasteiger partial charge is 0.481 e. The third-order valence-corrected chi connectivity index (χ3v) is 3.98. The van der Waals surface area contributed by atoms with Crippen LogP contribution < -0.4 is 10.6 Å². The van der Waals surface area contributed by atoms with Crippen LogP contribution in [-0.4, -0.2) is 29.2 Å². The van der Waals surface area contributed by atoms with Gasteiger partial charge in [-0.3, -0.25) is 4.79 Å². The first-order valence-corrected chi connectivity index (χ1v) is 7.82. The van der Waals surface area contributed by atoms with Crippen LogP contribution in [0.2, 0.25) is 0 Å². The number of urea groups is 1. The van der Waals surface area contributed by atoms with Crippen molar-refractivity contribution in [2.45, 2.75) is 77.3 Å². The molecule has 116 valence electrons. The highest BCUT2D eigenvalue weighted by atomic mass is 16.4. The normalized spacial score (nSPS) is 23.9. The van der Waals surface area contributed by atoms with Gasteiger partial charge in [0.15, 0.2) is 0 Å². The molecule has 3 atom stereocenters. The third kappa shape index (κ3) is 6.26. The topological polar surface area (TPSA) is 78.4 Å². The predicted octanol–water partition coefficient (Wildman–Crippen LogP) is 2.90. The molecule has 0 aromatic carbocycles. The van der Waals surface area contributed by atoms with Crippen LogP contribution in [0.15, 0.2) is 0 Å². The molecule has 1 aliphatic rings. The lowest BCUT2D eigenvalue weighted by Crippen LogP contribution is -2.47. The third-order valence-electron chi connectivity index (χ3n) is 3.98. The first kappa shape index (κ1) is 16.8. The molecule has 20 heavy (non-hydrogen) atoms. The van der Waals surface area contributed by atoms with E-state index >= 15 is 0 Å². The summed E-state index contributed by atoms with van der Waals surface area (Å²) in [6, 6.07) is -0.00172. The Hall–Kier alpha value is -1.26. The molecule has 0 saturated heterocycles. The summed E-state index contributed by atoms with van der Waals surface area (Å²) in [5.41, 5.74) is 0. The smallest absolute Gasteiger partial charge is 0.315 e. The highest BCUT2D eigenvalue weighted by molar-refractivity contribution is 5.75. The minimum atomic E-state index is -0.746. The maximum atomic E-state index is 11.9. The van der Waals surface area contributed by atoms with Crippen LogP contribution in [0.4, 0.5) is 4.79 Å². The number of amides is 2. The molecule has 0 bridgehead atoms. The minimum absolute atomic E-state index is 0.00677. The van der Waals surface area contributed by atoms with Gasteiger partial charge in [-0.25, -0.2) is 4.79 Å². The quantitative estimate of drug-likeness (QED) is 0.629. The number of carboxylic acid groups (broad SMARTS) is 1. The number of carbonyl (C=O) groups excluding carboxylic acids is 1. The van der Waals surface area contributed by atoms with E-state index in [-0.39, 0.29) is 24.0 Å². The van der Waals surface area contributed by atoms with E-state index in [2.05, 4.69) is 17.6 Å². The zero-order chi connectivity index (χ0) is 15.0. The maximum absolute atomic E-state index is 11.9. The zero-order valence-corrected chi connectivity index (χ0v) is 12.7. The Balaban J connectivity index is 2.25. The summed E-state index contributed by atoms with van der Waals surface area (Å²) < 4.78 is 0. The van der Waals surface area contributed by atoms with Gasteiger partial charge >= 0.3 is 12.0 Å². The highest BCUT2D eigenvalue weighted by Gasteiger charge is 2.27. The molecule has 0 aromatic rings. The monoisotopic (exact) mass is 284 g/mol. The summed E-state index contributed by atoms with van der Waals surface area (Å²) >= 11 is 0. The van der Waals surface area contributed by atoms with Gasteiger partial charge in [0, 0.05) is 12.1 Å². The predicted molar refractivity (Wildman–Crippen MR) is 78.7 cm³/mol. The van der Waals surface area contributed by atoms with Crippen molar-refractivity contribution in [3.8, 4) is 0 Å². The molecule has 3 N–H and O–H groups in total. The Morgan fingerprint density at radius 2 is 2.05 bits per heavy atom. The summed E-state index contributed by atoms with van der Waals surface area (Å²) in [6.45, 7) is 4.17. The maximum Gasteiger partial charge on any atom is 0.315 e. The number of carbonyl (C=O) groups is 2. The lowest BCUT2D eigenvalue weighted by Gasteiger charge is -2.28. The van der Waals surface area contributed by atoms with Crippen molar-refractivity contribution in [3.63, 3.8) is 0 Å². The van der Waals surface area contributed by atoms with Gasteiger partial charge in [0.05, 0.1) is 5.92 Å². The number of aliphatic carboxylic acids is 1. The van der Waals surface area contributed by atoms with Crippen LogP contribution in [0.1, 0.15) is 65.2 Å². The molecule has 0 heterocycles. The fraction of sp³-hybridized carbons (Fsp3) is 0.867. The van der Waals surface area contributed by atoms with E-state index in [9.17, 15) is 9.59 Å². The van der Waals surface area contributed by atoms with Crippen LogP contribution in [0, 0.1) is 5.92 Å². The van der Waals surface area contributed by atoms with E-state index in [4.69, 9.17) is 5.11 Å². The Bertz CT molecular complexity index is 320. The highest BCUT2D eigenvalue weighted by Crippen LogP contribution is 2.24. The molecule has 0 spiro atoms. The van der Waals surface area contributed by atoms with Crippen molar-refractivity contribution >= 4 is 12.0 Å². The number of hydrogen-bond acceptors (Lipinski definition) is 2. The number of carboxylic acids is 1. The Labute approximate surface area is 121 Å². The summed E-state index contributed by atoms with van der Waals surface area (Å²) in [5.74, 6) is -1.05. The molecular weight excluding hydrogens is 256 g/mol. The molecule has 1 rings (SSSR count). The number of nitrogens with one attached hydrogen (secondary N) is 2. The van der Waals surface area contributed by atoms with Gasteiger partial charge in [-0.05, 0) is 32.6 Å². The van der Waals surface area contributed by atoms with E-state index < -0.39 is 5.97 Å². The van der Waals surface area contributed by atoms with Gasteiger partial charge in [0.25, 0.3) is 0 Å². The van der Waals surface area contributed by atoms with Crippen molar-refractivity contribution in [2.75, 3.05) is 0 Å². The van der Waals surface area contributed by atoms with Crippen molar-refractivity contribution in [1.29, 1.82) is 0 Å². The number of unbranched alkanes of at least 4 members (excludes halogenated alkanes) is 2. The van der Waals surface area contributed by atoms with Gasteiger partial charge in [-0.1, -0.05) is 32.6 Å². The number of hydrogen-bond donors (Lipinski definition) is 3. The van der Waals surface area contributed by atoms with Crippen LogP contribution in [0.3, 0.4) is 0 Å². The van der Waals surface area contributed by atoms with Gasteiger partial charge in [-0.15, -0.1) is 0 Å². The van der Waals surface area contributed by atoms with E-state index in [0.717, 1.165) is 32.1 Å². The van der Waals surface area contributed by atoms with Crippen molar-refractivity contribution < 1.29 is 14.7 Å². The Morgan fingerprint density at radius 1 is 1.30 bits per heavy atom. The second-order valence-corrected chi connectivity index (χ2v) is 5.91. The van der Waals surface area contributed by atoms with E-state index in [0.29, 0.717) is 6.42 Å². The van der Waals surface area contributed by atoms with E-state index in [1.807, 2.05) is 6.92 Å². The fourth-order valence-corrected chi connectivity index (χ4v) is 2.77. The lowest BCUT2D eigenvalue weighted by molar-refractivity contribution is -0.143. The molecule has 0 aliphatic heterocycles. The molecule has 2 amide bonds. The van der Waals surface area contributed by atoms with Crippen LogP contribution in [0.5, 0.6) is 0 Å². The molecule has 1 aliphatic carbocycles. The summed E-state index contributed by atoms with van der Waals surface area (Å²) in [6.07, 6.45) is 7.51. The summed E-state index contributed by atoms with van der Waals surface area (Å²) in [5, 5.41) is 14.9. The van der Waals surface area contributed by atoms with Crippen LogP contribution in [0.25, 0.3) is 0 Å². The van der Waals surface area contributed by atoms with Crippen molar-refractivity contribution in [2.24, 2.45) is 5.92 Å². The van der Waals surface area contributed by atoms with Gasteiger partial charge in [-0.2, -0.15) is 0 Å². The minimum Gasteiger partial charge on any atom is -0.481 e. The molecule has 5 heteroatoms. The second-order valence-electron chi connectivity index (χ2n) is 5.91. The Kier molecular flexibility index (Phi) is 7.41. The molecule has 1 fully saturated rings. The average molecular weight is 284 g/mol. The molecular formula is C15H28N2O3. The van der Waals surface area contributed by atoms with Crippen LogP contribution >= 0.6 is 0 Å². The summed E-state index contributed by atoms with van der Waals surface area (Å²) in [7, 11) is 0. The average Bonchev–Trinajstić information content (AvgIpc) is 2.39. The molecule has 0 aromatic heterocycles.